The highest BCUT2D eigenvalue weighted by molar-refractivity contribution is 6.00. The smallest absolute Gasteiger partial charge is 0.417 e. The fourth-order valence-corrected chi connectivity index (χ4v) is 3.59. The molecule has 178 valence electrons. The molecule has 2 amide bonds. The van der Waals surface area contributed by atoms with E-state index in [2.05, 4.69) is 5.32 Å². The molecule has 1 fully saturated rings. The van der Waals surface area contributed by atoms with Gasteiger partial charge < -0.3 is 21.1 Å². The van der Waals surface area contributed by atoms with Gasteiger partial charge in [-0.05, 0) is 56.2 Å². The summed E-state index contributed by atoms with van der Waals surface area (Å²) >= 11 is 0. The number of hydrogen-bond acceptors (Lipinski definition) is 4. The summed E-state index contributed by atoms with van der Waals surface area (Å²) in [5.74, 6) is -2.78. The molecular formula is C22H24ClF3N4O3. The van der Waals surface area contributed by atoms with Gasteiger partial charge in [0.05, 0.1) is 17.0 Å². The van der Waals surface area contributed by atoms with Crippen LogP contribution in [0.3, 0.4) is 0 Å². The van der Waals surface area contributed by atoms with Gasteiger partial charge in [-0.3, -0.25) is 15.0 Å². The van der Waals surface area contributed by atoms with Crippen LogP contribution in [0.15, 0.2) is 36.4 Å². The summed E-state index contributed by atoms with van der Waals surface area (Å²) in [7, 11) is 0. The predicted octanol–water partition coefficient (Wildman–Crippen LogP) is 4.10. The van der Waals surface area contributed by atoms with Gasteiger partial charge in [0.25, 0.3) is 5.91 Å². The third-order valence-electron chi connectivity index (χ3n) is 5.41. The van der Waals surface area contributed by atoms with Crippen molar-refractivity contribution >= 4 is 35.7 Å². The Morgan fingerprint density at radius 2 is 1.79 bits per heavy atom. The molecule has 0 aliphatic carbocycles. The van der Waals surface area contributed by atoms with Crippen molar-refractivity contribution in [2.24, 2.45) is 5.73 Å². The Morgan fingerprint density at radius 3 is 2.36 bits per heavy atom. The van der Waals surface area contributed by atoms with E-state index in [4.69, 9.17) is 11.1 Å². The molecule has 1 aliphatic heterocycles. The van der Waals surface area contributed by atoms with Crippen LogP contribution in [0.2, 0.25) is 0 Å². The van der Waals surface area contributed by atoms with Crippen molar-refractivity contribution in [2.45, 2.75) is 31.9 Å². The highest BCUT2D eigenvalue weighted by Gasteiger charge is 2.37. The number of hydrogen-bond donors (Lipinski definition) is 4. The standard InChI is InChI=1S/C22H23F3N4O3.ClH/c1-12(16-10-13(19(26)27)4-7-18(16)30)20(31)28-14-5-6-15(17(11-14)22(23,24)25)21(32)29-8-2-3-9-29;/h4-7,10-12,30H,2-3,8-9H2,1H3,(H3,26,27)(H,28,31);1H. The minimum absolute atomic E-state index is 0. The molecule has 0 aromatic heterocycles. The third kappa shape index (κ3) is 5.75. The Bertz CT molecular complexity index is 1070. The number of nitrogens with zero attached hydrogens (tertiary/aromatic N) is 1. The zero-order chi connectivity index (χ0) is 23.6. The molecule has 5 N–H and O–H groups in total. The minimum atomic E-state index is -4.79. The van der Waals surface area contributed by atoms with Gasteiger partial charge in [0.1, 0.15) is 11.6 Å². The van der Waals surface area contributed by atoms with Gasteiger partial charge in [0.2, 0.25) is 5.91 Å². The SMILES string of the molecule is CC(C(=O)Nc1ccc(C(=O)N2CCCC2)c(C(F)(F)F)c1)c1cc(C(=N)N)ccc1O.Cl. The molecule has 0 saturated carbocycles. The molecule has 2 aromatic rings. The second kappa shape index (κ2) is 10.1. The Labute approximate surface area is 194 Å². The van der Waals surface area contributed by atoms with Gasteiger partial charge in [-0.1, -0.05) is 0 Å². The molecule has 0 radical (unpaired) electrons. The number of benzene rings is 2. The quantitative estimate of drug-likeness (QED) is 0.377. The monoisotopic (exact) mass is 484 g/mol. The second-order valence-electron chi connectivity index (χ2n) is 7.66. The molecule has 33 heavy (non-hydrogen) atoms. The number of phenolic OH excluding ortho intramolecular Hbond substituents is 1. The van der Waals surface area contributed by atoms with Gasteiger partial charge in [-0.15, -0.1) is 12.4 Å². The topological polar surface area (TPSA) is 120 Å². The van der Waals surface area contributed by atoms with E-state index in [0.717, 1.165) is 25.0 Å². The van der Waals surface area contributed by atoms with Crippen molar-refractivity contribution in [3.05, 3.63) is 58.7 Å². The normalized spacial score (nSPS) is 14.4. The molecule has 1 atom stereocenters. The minimum Gasteiger partial charge on any atom is -0.508 e. The Balaban J connectivity index is 0.00000385. The summed E-state index contributed by atoms with van der Waals surface area (Å²) in [6.45, 7) is 2.29. The number of nitrogens with one attached hydrogen (secondary N) is 2. The van der Waals surface area contributed by atoms with E-state index in [1.807, 2.05) is 0 Å². The number of halogens is 4. The van der Waals surface area contributed by atoms with E-state index in [9.17, 15) is 27.9 Å². The number of nitrogens with two attached hydrogens (primary N) is 1. The molecule has 0 spiro atoms. The molecule has 1 aliphatic rings. The average Bonchev–Trinajstić information content (AvgIpc) is 3.27. The Hall–Kier alpha value is -3.27. The van der Waals surface area contributed by atoms with E-state index in [1.165, 1.54) is 36.1 Å². The maximum atomic E-state index is 13.7. The fraction of sp³-hybridized carbons (Fsp3) is 0.318. The summed E-state index contributed by atoms with van der Waals surface area (Å²) in [5.41, 5.74) is 4.19. The van der Waals surface area contributed by atoms with Crippen molar-refractivity contribution < 1.29 is 27.9 Å². The lowest BCUT2D eigenvalue weighted by molar-refractivity contribution is -0.138. The lowest BCUT2D eigenvalue weighted by atomic mass is 9.96. The van der Waals surface area contributed by atoms with Crippen LogP contribution >= 0.6 is 12.4 Å². The van der Waals surface area contributed by atoms with Crippen LogP contribution in [0.4, 0.5) is 18.9 Å². The number of amides is 2. The molecule has 1 saturated heterocycles. The van der Waals surface area contributed by atoms with Gasteiger partial charge in [0, 0.05) is 29.9 Å². The fourth-order valence-electron chi connectivity index (χ4n) is 3.59. The number of anilines is 1. The number of carbonyl (C=O) groups excluding carboxylic acids is 2. The second-order valence-corrected chi connectivity index (χ2v) is 7.66. The predicted molar refractivity (Wildman–Crippen MR) is 120 cm³/mol. The molecule has 11 heteroatoms. The largest absolute Gasteiger partial charge is 0.508 e. The molecule has 2 aromatic carbocycles. The van der Waals surface area contributed by atoms with E-state index >= 15 is 0 Å². The van der Waals surface area contributed by atoms with Crippen LogP contribution in [-0.4, -0.2) is 40.7 Å². The molecule has 7 nitrogen and oxygen atoms in total. The van der Waals surface area contributed by atoms with Crippen molar-refractivity contribution in [3.8, 4) is 5.75 Å². The lowest BCUT2D eigenvalue weighted by Gasteiger charge is -2.20. The first-order valence-electron chi connectivity index (χ1n) is 9.97. The first kappa shape index (κ1) is 26.0. The highest BCUT2D eigenvalue weighted by atomic mass is 35.5. The van der Waals surface area contributed by atoms with Crippen molar-refractivity contribution in [1.29, 1.82) is 5.41 Å². The van der Waals surface area contributed by atoms with Crippen LogP contribution in [0, 0.1) is 5.41 Å². The number of carbonyl (C=O) groups is 2. The van der Waals surface area contributed by atoms with Crippen LogP contribution in [0.25, 0.3) is 0 Å². The summed E-state index contributed by atoms with van der Waals surface area (Å²) in [4.78, 5) is 26.6. The van der Waals surface area contributed by atoms with Crippen LogP contribution in [0.1, 0.15) is 52.7 Å². The van der Waals surface area contributed by atoms with Crippen molar-refractivity contribution in [3.63, 3.8) is 0 Å². The van der Waals surface area contributed by atoms with Crippen molar-refractivity contribution in [1.82, 2.24) is 4.90 Å². The zero-order valence-electron chi connectivity index (χ0n) is 17.7. The molecule has 3 rings (SSSR count). The maximum absolute atomic E-state index is 13.7. The van der Waals surface area contributed by atoms with Gasteiger partial charge in [0.15, 0.2) is 0 Å². The number of amidine groups is 1. The summed E-state index contributed by atoms with van der Waals surface area (Å²) < 4.78 is 41.0. The summed E-state index contributed by atoms with van der Waals surface area (Å²) in [6.07, 6.45) is -3.29. The number of likely N-dealkylation sites (tertiary alicyclic amines) is 1. The molecule has 1 unspecified atom stereocenters. The van der Waals surface area contributed by atoms with Crippen LogP contribution in [0.5, 0.6) is 5.75 Å². The Kier molecular flexibility index (Phi) is 7.97. The number of aromatic hydroxyl groups is 1. The first-order chi connectivity index (χ1) is 15.0. The maximum Gasteiger partial charge on any atom is 0.417 e. The third-order valence-corrected chi connectivity index (χ3v) is 5.41. The van der Waals surface area contributed by atoms with E-state index in [0.29, 0.717) is 18.7 Å². The zero-order valence-corrected chi connectivity index (χ0v) is 18.5. The van der Waals surface area contributed by atoms with E-state index < -0.39 is 35.0 Å². The van der Waals surface area contributed by atoms with Crippen molar-refractivity contribution in [2.75, 3.05) is 18.4 Å². The molecular weight excluding hydrogens is 461 g/mol. The Morgan fingerprint density at radius 1 is 1.15 bits per heavy atom. The molecule has 0 bridgehead atoms. The summed E-state index contributed by atoms with van der Waals surface area (Å²) in [5, 5.41) is 20.0. The number of nitrogen functional groups attached to an aromatic ring is 1. The van der Waals surface area contributed by atoms with E-state index in [1.54, 1.807) is 0 Å². The van der Waals surface area contributed by atoms with Crippen LogP contribution in [-0.2, 0) is 11.0 Å². The summed E-state index contributed by atoms with van der Waals surface area (Å²) in [6, 6.07) is 7.13. The first-order valence-corrected chi connectivity index (χ1v) is 9.97. The lowest BCUT2D eigenvalue weighted by Crippen LogP contribution is -2.30. The van der Waals surface area contributed by atoms with Gasteiger partial charge in [-0.25, -0.2) is 0 Å². The number of alkyl halides is 3. The number of rotatable bonds is 5. The van der Waals surface area contributed by atoms with Gasteiger partial charge >= 0.3 is 6.18 Å². The number of phenols is 1. The van der Waals surface area contributed by atoms with E-state index in [-0.39, 0.29) is 35.2 Å². The highest BCUT2D eigenvalue weighted by Crippen LogP contribution is 2.35. The van der Waals surface area contributed by atoms with Gasteiger partial charge in [-0.2, -0.15) is 13.2 Å². The molecule has 1 heterocycles. The van der Waals surface area contributed by atoms with Crippen LogP contribution < -0.4 is 11.1 Å². The average molecular weight is 485 g/mol.